The number of piperidine rings is 1. The third-order valence-corrected chi connectivity index (χ3v) is 4.01. The van der Waals surface area contributed by atoms with Gasteiger partial charge in [-0.25, -0.2) is 0 Å². The summed E-state index contributed by atoms with van der Waals surface area (Å²) in [5, 5.41) is 3.00. The lowest BCUT2D eigenvalue weighted by Gasteiger charge is -2.29. The first kappa shape index (κ1) is 16.8. The van der Waals surface area contributed by atoms with Crippen LogP contribution in [0.1, 0.15) is 30.4 Å². The van der Waals surface area contributed by atoms with Gasteiger partial charge in [0, 0.05) is 12.5 Å². The molecule has 1 aliphatic rings. The predicted octanol–water partition coefficient (Wildman–Crippen LogP) is 2.85. The fourth-order valence-electron chi connectivity index (χ4n) is 2.57. The molecule has 0 spiro atoms. The Morgan fingerprint density at radius 2 is 1.82 bits per heavy atom. The fourth-order valence-corrected chi connectivity index (χ4v) is 2.57. The van der Waals surface area contributed by atoms with Crippen LogP contribution in [-0.4, -0.2) is 37.0 Å². The Hall–Kier alpha value is -1.56. The molecule has 3 nitrogen and oxygen atoms in total. The van der Waals surface area contributed by atoms with Crippen LogP contribution in [-0.2, 0) is 17.4 Å². The van der Waals surface area contributed by atoms with Crippen molar-refractivity contribution in [3.05, 3.63) is 35.4 Å². The Morgan fingerprint density at radius 1 is 1.23 bits per heavy atom. The van der Waals surface area contributed by atoms with Crippen LogP contribution in [0, 0.1) is 0 Å². The third-order valence-electron chi connectivity index (χ3n) is 4.01. The number of benzene rings is 1. The first-order valence-electron chi connectivity index (χ1n) is 7.48. The minimum Gasteiger partial charge on any atom is -0.353 e. The highest BCUT2D eigenvalue weighted by Crippen LogP contribution is 2.29. The Morgan fingerprint density at radius 3 is 2.36 bits per heavy atom. The Bertz CT molecular complexity index is 491. The third kappa shape index (κ3) is 5.02. The van der Waals surface area contributed by atoms with E-state index in [0.717, 1.165) is 43.6 Å². The van der Waals surface area contributed by atoms with Gasteiger partial charge < -0.3 is 10.2 Å². The molecule has 22 heavy (non-hydrogen) atoms. The van der Waals surface area contributed by atoms with E-state index in [4.69, 9.17) is 0 Å². The first-order chi connectivity index (χ1) is 10.3. The maximum atomic E-state index is 12.5. The van der Waals surface area contributed by atoms with Gasteiger partial charge >= 0.3 is 6.18 Å². The van der Waals surface area contributed by atoms with E-state index in [1.165, 1.54) is 12.1 Å². The van der Waals surface area contributed by atoms with Crippen molar-refractivity contribution >= 4 is 5.91 Å². The molecule has 1 amide bonds. The van der Waals surface area contributed by atoms with Crippen molar-refractivity contribution in [3.8, 4) is 0 Å². The van der Waals surface area contributed by atoms with Gasteiger partial charge in [0.05, 0.1) is 5.56 Å². The Labute approximate surface area is 128 Å². The topological polar surface area (TPSA) is 32.3 Å². The van der Waals surface area contributed by atoms with E-state index in [1.54, 1.807) is 0 Å². The molecule has 1 N–H and O–H groups in total. The Kier molecular flexibility index (Phi) is 5.45. The highest BCUT2D eigenvalue weighted by Gasteiger charge is 2.29. The number of alkyl halides is 3. The largest absolute Gasteiger partial charge is 0.416 e. The molecular weight excluding hydrogens is 293 g/mol. The molecule has 0 aromatic heterocycles. The summed E-state index contributed by atoms with van der Waals surface area (Å²) in [6, 6.07) is 5.21. The molecule has 2 rings (SSSR count). The number of carbonyl (C=O) groups excluding carboxylic acids is 1. The van der Waals surface area contributed by atoms with Gasteiger partial charge in [0.1, 0.15) is 0 Å². The molecule has 1 heterocycles. The molecule has 1 saturated heterocycles. The van der Waals surface area contributed by atoms with Crippen LogP contribution in [0.3, 0.4) is 0 Å². The van der Waals surface area contributed by atoms with Crippen LogP contribution in [0.25, 0.3) is 0 Å². The summed E-state index contributed by atoms with van der Waals surface area (Å²) in [5.74, 6) is -0.0329. The normalized spacial score (nSPS) is 17.5. The zero-order valence-electron chi connectivity index (χ0n) is 12.6. The summed E-state index contributed by atoms with van der Waals surface area (Å²) in [6.45, 7) is 1.95. The highest BCUT2D eigenvalue weighted by molar-refractivity contribution is 5.76. The van der Waals surface area contributed by atoms with Crippen molar-refractivity contribution < 1.29 is 18.0 Å². The molecule has 0 unspecified atom stereocenters. The van der Waals surface area contributed by atoms with Crippen LogP contribution >= 0.6 is 0 Å². The molecule has 1 aromatic carbocycles. The number of hydrogen-bond acceptors (Lipinski definition) is 2. The fraction of sp³-hybridized carbons (Fsp3) is 0.562. The van der Waals surface area contributed by atoms with E-state index < -0.39 is 11.7 Å². The lowest BCUT2D eigenvalue weighted by atomic mass is 10.0. The average Bonchev–Trinajstić information content (AvgIpc) is 2.47. The minimum atomic E-state index is -4.32. The smallest absolute Gasteiger partial charge is 0.353 e. The molecule has 1 aliphatic heterocycles. The molecular formula is C16H21F3N2O. The molecule has 1 fully saturated rings. The van der Waals surface area contributed by atoms with E-state index in [-0.39, 0.29) is 11.9 Å². The van der Waals surface area contributed by atoms with E-state index in [2.05, 4.69) is 17.3 Å². The van der Waals surface area contributed by atoms with Gasteiger partial charge in [0.25, 0.3) is 0 Å². The van der Waals surface area contributed by atoms with Crippen LogP contribution in [0.2, 0.25) is 0 Å². The number of aryl methyl sites for hydroxylation is 1. The van der Waals surface area contributed by atoms with Gasteiger partial charge in [-0.1, -0.05) is 12.1 Å². The number of nitrogens with one attached hydrogen (secondary N) is 1. The van der Waals surface area contributed by atoms with Crippen LogP contribution in [0.4, 0.5) is 13.2 Å². The molecule has 0 aliphatic carbocycles. The van der Waals surface area contributed by atoms with Gasteiger partial charge in [0.15, 0.2) is 0 Å². The standard InChI is InChI=1S/C16H21F3N2O/c1-21-10-8-14(9-11-21)20-15(22)7-4-12-2-5-13(6-3-12)16(17,18)19/h2-3,5-6,14H,4,7-11H2,1H3,(H,20,22). The van der Waals surface area contributed by atoms with Crippen LogP contribution in [0.15, 0.2) is 24.3 Å². The molecule has 0 atom stereocenters. The summed E-state index contributed by atoms with van der Waals surface area (Å²) in [6.07, 6.45) is -1.66. The van der Waals surface area contributed by atoms with Crippen molar-refractivity contribution in [2.75, 3.05) is 20.1 Å². The molecule has 1 aromatic rings. The number of likely N-dealkylation sites (tertiary alicyclic amines) is 1. The number of hydrogen-bond donors (Lipinski definition) is 1. The predicted molar refractivity (Wildman–Crippen MR) is 78.4 cm³/mol. The monoisotopic (exact) mass is 314 g/mol. The first-order valence-corrected chi connectivity index (χ1v) is 7.48. The summed E-state index contributed by atoms with van der Waals surface area (Å²) in [4.78, 5) is 14.1. The molecule has 0 radical (unpaired) electrons. The number of nitrogens with zero attached hydrogens (tertiary/aromatic N) is 1. The second-order valence-corrected chi connectivity index (χ2v) is 5.84. The van der Waals surface area contributed by atoms with Gasteiger partial charge in [-0.05, 0) is 57.1 Å². The van der Waals surface area contributed by atoms with E-state index in [9.17, 15) is 18.0 Å². The molecule has 122 valence electrons. The highest BCUT2D eigenvalue weighted by atomic mass is 19.4. The van der Waals surface area contributed by atoms with Gasteiger partial charge in [-0.2, -0.15) is 13.2 Å². The second-order valence-electron chi connectivity index (χ2n) is 5.84. The van der Waals surface area contributed by atoms with Crippen molar-refractivity contribution in [3.63, 3.8) is 0 Å². The quantitative estimate of drug-likeness (QED) is 0.927. The summed E-state index contributed by atoms with van der Waals surface area (Å²) in [5.41, 5.74) is 0.0820. The van der Waals surface area contributed by atoms with Gasteiger partial charge in [-0.15, -0.1) is 0 Å². The van der Waals surface area contributed by atoms with Crippen molar-refractivity contribution in [1.29, 1.82) is 0 Å². The zero-order chi connectivity index (χ0) is 16.2. The van der Waals surface area contributed by atoms with Crippen LogP contribution < -0.4 is 5.32 Å². The number of carbonyl (C=O) groups is 1. The van der Waals surface area contributed by atoms with E-state index in [1.807, 2.05) is 0 Å². The van der Waals surface area contributed by atoms with Crippen LogP contribution in [0.5, 0.6) is 0 Å². The minimum absolute atomic E-state index is 0.0329. The SMILES string of the molecule is CN1CCC(NC(=O)CCc2ccc(C(F)(F)F)cc2)CC1. The van der Waals surface area contributed by atoms with Crippen molar-refractivity contribution in [2.45, 2.75) is 37.9 Å². The summed E-state index contributed by atoms with van der Waals surface area (Å²) < 4.78 is 37.4. The number of rotatable bonds is 4. The van der Waals surface area contributed by atoms with E-state index in [0.29, 0.717) is 12.8 Å². The maximum Gasteiger partial charge on any atom is 0.416 e. The maximum absolute atomic E-state index is 12.5. The summed E-state index contributed by atoms with van der Waals surface area (Å²) >= 11 is 0. The van der Waals surface area contributed by atoms with Gasteiger partial charge in [0.2, 0.25) is 5.91 Å². The summed E-state index contributed by atoms with van der Waals surface area (Å²) in [7, 11) is 2.06. The molecule has 6 heteroatoms. The van der Waals surface area contributed by atoms with E-state index >= 15 is 0 Å². The zero-order valence-corrected chi connectivity index (χ0v) is 12.6. The van der Waals surface area contributed by atoms with Crippen molar-refractivity contribution in [2.24, 2.45) is 0 Å². The molecule has 0 bridgehead atoms. The molecule has 0 saturated carbocycles. The number of halogens is 3. The average molecular weight is 314 g/mol. The van der Waals surface area contributed by atoms with Crippen molar-refractivity contribution in [1.82, 2.24) is 10.2 Å². The number of amides is 1. The lowest BCUT2D eigenvalue weighted by Crippen LogP contribution is -2.43. The lowest BCUT2D eigenvalue weighted by molar-refractivity contribution is -0.137. The second kappa shape index (κ2) is 7.13. The van der Waals surface area contributed by atoms with Gasteiger partial charge in [-0.3, -0.25) is 4.79 Å². The Balaban J connectivity index is 1.76.